The molecule has 1 heterocycles. The maximum atomic E-state index is 11.3. The summed E-state index contributed by atoms with van der Waals surface area (Å²) in [6.45, 7) is 4.62. The van der Waals surface area contributed by atoms with Crippen LogP contribution in [0.2, 0.25) is 10.0 Å². The summed E-state index contributed by atoms with van der Waals surface area (Å²) in [5.74, 6) is 5.77. The Bertz CT molecular complexity index is 768. The summed E-state index contributed by atoms with van der Waals surface area (Å²) in [7, 11) is 0. The Balaban J connectivity index is 2.40. The Labute approximate surface area is 164 Å². The van der Waals surface area contributed by atoms with Gasteiger partial charge >= 0.3 is 0 Å². The summed E-state index contributed by atoms with van der Waals surface area (Å²) in [5, 5.41) is 12.3. The quantitative estimate of drug-likeness (QED) is 0.564. The first-order valence-corrected chi connectivity index (χ1v) is 9.06. The minimum absolute atomic E-state index is 0.173. The van der Waals surface area contributed by atoms with E-state index in [0.717, 1.165) is 5.56 Å². The lowest BCUT2D eigenvalue weighted by molar-refractivity contribution is -0.0974. The van der Waals surface area contributed by atoms with Gasteiger partial charge < -0.3 is 14.6 Å². The Morgan fingerprint density at radius 1 is 1.19 bits per heavy atom. The molecule has 0 aliphatic heterocycles. The molecule has 2 aromatic rings. The van der Waals surface area contributed by atoms with E-state index < -0.39 is 11.9 Å². The molecule has 1 aromatic heterocycles. The van der Waals surface area contributed by atoms with Crippen molar-refractivity contribution >= 4 is 23.2 Å². The molecule has 6 heteroatoms. The zero-order valence-corrected chi connectivity index (χ0v) is 16.2. The number of benzene rings is 1. The van der Waals surface area contributed by atoms with Crippen molar-refractivity contribution in [2.24, 2.45) is 0 Å². The van der Waals surface area contributed by atoms with Gasteiger partial charge in [0, 0.05) is 47.6 Å². The summed E-state index contributed by atoms with van der Waals surface area (Å²) in [4.78, 5) is 4.08. The first kappa shape index (κ1) is 20.7. The van der Waals surface area contributed by atoms with Crippen molar-refractivity contribution in [3.63, 3.8) is 0 Å². The SMILES string of the molecule is CCOC(C#CC(O)(Cc1ccc(Cl)cc1Cl)c1cccnc1)OCC. The van der Waals surface area contributed by atoms with Crippen molar-refractivity contribution in [3.05, 3.63) is 63.9 Å². The number of halogens is 2. The highest BCUT2D eigenvalue weighted by Crippen LogP contribution is 2.30. The molecule has 0 radical (unpaired) electrons. The minimum atomic E-state index is -1.50. The second-order valence-electron chi connectivity index (χ2n) is 5.53. The molecule has 0 amide bonds. The summed E-state index contributed by atoms with van der Waals surface area (Å²) < 4.78 is 10.9. The number of aromatic nitrogens is 1. The van der Waals surface area contributed by atoms with Gasteiger partial charge in [0.25, 0.3) is 0 Å². The van der Waals surface area contributed by atoms with E-state index >= 15 is 0 Å². The zero-order chi connectivity index (χ0) is 19.0. The molecule has 1 unspecified atom stereocenters. The van der Waals surface area contributed by atoms with Crippen LogP contribution in [0.1, 0.15) is 25.0 Å². The molecule has 0 saturated carbocycles. The lowest BCUT2D eigenvalue weighted by atomic mass is 9.88. The lowest BCUT2D eigenvalue weighted by Gasteiger charge is -2.24. The third kappa shape index (κ3) is 5.70. The fraction of sp³-hybridized carbons (Fsp3) is 0.350. The normalized spacial score (nSPS) is 13.2. The van der Waals surface area contributed by atoms with Crippen molar-refractivity contribution in [1.82, 2.24) is 4.98 Å². The average Bonchev–Trinajstić information content (AvgIpc) is 2.63. The fourth-order valence-electron chi connectivity index (χ4n) is 2.38. The first-order chi connectivity index (χ1) is 12.5. The highest BCUT2D eigenvalue weighted by atomic mass is 35.5. The van der Waals surface area contributed by atoms with Crippen LogP contribution in [0.5, 0.6) is 0 Å². The van der Waals surface area contributed by atoms with Crippen molar-refractivity contribution in [1.29, 1.82) is 0 Å². The molecule has 0 bridgehead atoms. The van der Waals surface area contributed by atoms with Gasteiger partial charge in [-0.25, -0.2) is 0 Å². The zero-order valence-electron chi connectivity index (χ0n) is 14.7. The third-order valence-corrected chi connectivity index (χ3v) is 4.22. The van der Waals surface area contributed by atoms with Gasteiger partial charge in [0.1, 0.15) is 0 Å². The van der Waals surface area contributed by atoms with E-state index in [1.165, 1.54) is 0 Å². The van der Waals surface area contributed by atoms with Crippen molar-refractivity contribution in [2.75, 3.05) is 13.2 Å². The van der Waals surface area contributed by atoms with E-state index in [1.54, 1.807) is 42.7 Å². The number of ether oxygens (including phenoxy) is 2. The van der Waals surface area contributed by atoms with Crippen LogP contribution >= 0.6 is 23.2 Å². The van der Waals surface area contributed by atoms with E-state index in [-0.39, 0.29) is 6.42 Å². The number of pyridine rings is 1. The molecule has 138 valence electrons. The number of aliphatic hydroxyl groups is 1. The van der Waals surface area contributed by atoms with Crippen LogP contribution in [0.15, 0.2) is 42.7 Å². The predicted octanol–water partition coefficient (Wildman–Crippen LogP) is 4.22. The Kier molecular flexibility index (Phi) is 7.89. The Morgan fingerprint density at radius 2 is 1.92 bits per heavy atom. The van der Waals surface area contributed by atoms with Crippen LogP contribution in [0, 0.1) is 11.8 Å². The van der Waals surface area contributed by atoms with E-state index in [0.29, 0.717) is 28.8 Å². The molecule has 1 atom stereocenters. The molecule has 1 aromatic carbocycles. The van der Waals surface area contributed by atoms with Crippen LogP contribution in [-0.2, 0) is 21.5 Å². The van der Waals surface area contributed by atoms with Crippen LogP contribution in [0.25, 0.3) is 0 Å². The smallest absolute Gasteiger partial charge is 0.222 e. The molecule has 1 N–H and O–H groups in total. The summed E-state index contributed by atoms with van der Waals surface area (Å²) in [5.41, 5.74) is -0.218. The van der Waals surface area contributed by atoms with E-state index in [9.17, 15) is 5.11 Å². The number of hydrogen-bond acceptors (Lipinski definition) is 4. The van der Waals surface area contributed by atoms with Crippen molar-refractivity contribution in [3.8, 4) is 11.8 Å². The molecular weight excluding hydrogens is 373 g/mol. The Morgan fingerprint density at radius 3 is 2.50 bits per heavy atom. The number of nitrogens with zero attached hydrogens (tertiary/aromatic N) is 1. The summed E-state index contributed by atoms with van der Waals surface area (Å²) in [6.07, 6.45) is 2.67. The Hall–Kier alpha value is -1.61. The van der Waals surface area contributed by atoms with E-state index in [2.05, 4.69) is 16.8 Å². The van der Waals surface area contributed by atoms with Gasteiger partial charge in [-0.3, -0.25) is 4.98 Å². The maximum Gasteiger partial charge on any atom is 0.222 e. The molecule has 2 rings (SSSR count). The highest BCUT2D eigenvalue weighted by Gasteiger charge is 2.29. The largest absolute Gasteiger partial charge is 0.373 e. The van der Waals surface area contributed by atoms with Crippen LogP contribution in [-0.4, -0.2) is 29.6 Å². The van der Waals surface area contributed by atoms with Gasteiger partial charge in [-0.2, -0.15) is 0 Å². The van der Waals surface area contributed by atoms with Gasteiger partial charge in [-0.15, -0.1) is 0 Å². The maximum absolute atomic E-state index is 11.3. The van der Waals surface area contributed by atoms with Crippen LogP contribution in [0.4, 0.5) is 0 Å². The van der Waals surface area contributed by atoms with Crippen molar-refractivity contribution < 1.29 is 14.6 Å². The van der Waals surface area contributed by atoms with Crippen LogP contribution in [0.3, 0.4) is 0 Å². The van der Waals surface area contributed by atoms with Gasteiger partial charge in [0.15, 0.2) is 5.60 Å². The highest BCUT2D eigenvalue weighted by molar-refractivity contribution is 6.35. The first-order valence-electron chi connectivity index (χ1n) is 8.31. The molecule has 0 fully saturated rings. The molecule has 0 aliphatic rings. The van der Waals surface area contributed by atoms with E-state index in [1.807, 2.05) is 13.8 Å². The number of hydrogen-bond donors (Lipinski definition) is 1. The summed E-state index contributed by atoms with van der Waals surface area (Å²) in [6, 6.07) is 8.65. The van der Waals surface area contributed by atoms with Gasteiger partial charge in [0.2, 0.25) is 6.29 Å². The summed E-state index contributed by atoms with van der Waals surface area (Å²) >= 11 is 12.2. The second kappa shape index (κ2) is 9.91. The molecule has 26 heavy (non-hydrogen) atoms. The molecule has 0 aliphatic carbocycles. The standard InChI is InChI=1S/C20H21Cl2NO3/c1-3-25-19(26-4-2)9-10-20(24,16-6-5-11-23-14-16)13-15-7-8-17(21)12-18(15)22/h5-8,11-12,14,19,24H,3-4,13H2,1-2H3. The average molecular weight is 394 g/mol. The van der Waals surface area contributed by atoms with Gasteiger partial charge in [-0.1, -0.05) is 41.3 Å². The second-order valence-corrected chi connectivity index (χ2v) is 6.37. The lowest BCUT2D eigenvalue weighted by Crippen LogP contribution is -2.28. The van der Waals surface area contributed by atoms with Gasteiger partial charge in [-0.05, 0) is 43.5 Å². The van der Waals surface area contributed by atoms with E-state index in [4.69, 9.17) is 32.7 Å². The monoisotopic (exact) mass is 393 g/mol. The fourth-order valence-corrected chi connectivity index (χ4v) is 2.85. The predicted molar refractivity (Wildman–Crippen MR) is 103 cm³/mol. The molecular formula is C20H21Cl2NO3. The van der Waals surface area contributed by atoms with Crippen LogP contribution < -0.4 is 0 Å². The van der Waals surface area contributed by atoms with Gasteiger partial charge in [0.05, 0.1) is 0 Å². The van der Waals surface area contributed by atoms with Crippen molar-refractivity contribution in [2.45, 2.75) is 32.2 Å². The molecule has 0 spiro atoms. The molecule has 0 saturated heterocycles. The topological polar surface area (TPSA) is 51.6 Å². The third-order valence-electron chi connectivity index (χ3n) is 3.63. The molecule has 4 nitrogen and oxygen atoms in total. The minimum Gasteiger partial charge on any atom is -0.373 e. The number of rotatable bonds is 7.